The van der Waals surface area contributed by atoms with Gasteiger partial charge in [0.15, 0.2) is 0 Å². The minimum absolute atomic E-state index is 0.616. The molecule has 0 aliphatic carbocycles. The third-order valence-corrected chi connectivity index (χ3v) is 4.98. The summed E-state index contributed by atoms with van der Waals surface area (Å²) < 4.78 is 11.4. The average Bonchev–Trinajstić information content (AvgIpc) is 2.16. The van der Waals surface area contributed by atoms with Crippen molar-refractivity contribution in [1.82, 2.24) is 4.90 Å². The van der Waals surface area contributed by atoms with Crippen LogP contribution in [0.5, 0.6) is 0 Å². The molecule has 0 rings (SSSR count). The zero-order valence-corrected chi connectivity index (χ0v) is 12.1. The molecule has 0 radical (unpaired) electrons. The molecular weight excluding hydrogens is 206 g/mol. The summed E-state index contributed by atoms with van der Waals surface area (Å²) in [6.07, 6.45) is 2.45. The molecule has 0 spiro atoms. The van der Waals surface area contributed by atoms with E-state index in [0.29, 0.717) is 5.54 Å². The molecule has 0 aromatic carbocycles. The first-order chi connectivity index (χ1) is 7.11. The minimum Gasteiger partial charge on any atom is -0.397 e. The van der Waals surface area contributed by atoms with E-state index in [-0.39, 0.29) is 0 Å². The van der Waals surface area contributed by atoms with Gasteiger partial charge in [0.2, 0.25) is 0 Å². The molecule has 92 valence electrons. The highest BCUT2D eigenvalue weighted by molar-refractivity contribution is 6.46. The van der Waals surface area contributed by atoms with Gasteiger partial charge in [0.25, 0.3) is 0 Å². The van der Waals surface area contributed by atoms with Gasteiger partial charge >= 0.3 is 9.28 Å². The lowest BCUT2D eigenvalue weighted by molar-refractivity contribution is 0.203. The summed E-state index contributed by atoms with van der Waals surface area (Å²) in [6.45, 7) is 9.09. The average molecular weight is 233 g/mol. The molecule has 4 heteroatoms. The van der Waals surface area contributed by atoms with Crippen LogP contribution in [0.4, 0.5) is 0 Å². The first-order valence-corrected chi connectivity index (χ1v) is 7.60. The van der Waals surface area contributed by atoms with Gasteiger partial charge in [0, 0.05) is 13.2 Å². The molecule has 0 heterocycles. The Kier molecular flexibility index (Phi) is 9.39. The zero-order chi connectivity index (χ0) is 11.7. The summed E-state index contributed by atoms with van der Waals surface area (Å²) in [5.74, 6) is 0. The van der Waals surface area contributed by atoms with E-state index < -0.39 is 9.28 Å². The Hall–Kier alpha value is 0.0969. The van der Waals surface area contributed by atoms with Crippen LogP contribution in [-0.4, -0.2) is 48.0 Å². The van der Waals surface area contributed by atoms with Crippen molar-refractivity contribution in [3.8, 4) is 0 Å². The molecular formula is C11H27NO2Si. The predicted molar refractivity (Wildman–Crippen MR) is 67.6 cm³/mol. The number of rotatable bonds is 9. The van der Waals surface area contributed by atoms with Crippen LogP contribution in [0.15, 0.2) is 0 Å². The van der Waals surface area contributed by atoms with Gasteiger partial charge in [-0.25, -0.2) is 0 Å². The maximum absolute atomic E-state index is 5.70. The molecule has 15 heavy (non-hydrogen) atoms. The fourth-order valence-electron chi connectivity index (χ4n) is 1.57. The van der Waals surface area contributed by atoms with Crippen molar-refractivity contribution in [2.75, 3.05) is 33.9 Å². The van der Waals surface area contributed by atoms with Crippen molar-refractivity contribution in [3.63, 3.8) is 0 Å². The largest absolute Gasteiger partial charge is 0.397 e. The SMILES string of the molecule is CCO[SiH](OCC)C(C)CCCN(C)C. The normalized spacial score (nSPS) is 13.8. The Morgan fingerprint density at radius 3 is 2.07 bits per heavy atom. The second-order valence-electron chi connectivity index (χ2n) is 4.20. The van der Waals surface area contributed by atoms with Crippen LogP contribution in [0, 0.1) is 0 Å². The van der Waals surface area contributed by atoms with E-state index in [0.717, 1.165) is 19.8 Å². The lowest BCUT2D eigenvalue weighted by Gasteiger charge is -2.21. The van der Waals surface area contributed by atoms with Crippen LogP contribution in [0.25, 0.3) is 0 Å². The van der Waals surface area contributed by atoms with E-state index in [9.17, 15) is 0 Å². The van der Waals surface area contributed by atoms with Crippen molar-refractivity contribution in [2.24, 2.45) is 0 Å². The van der Waals surface area contributed by atoms with Crippen molar-refractivity contribution < 1.29 is 8.85 Å². The van der Waals surface area contributed by atoms with Gasteiger partial charge in [-0.05, 0) is 52.9 Å². The first kappa shape index (κ1) is 15.1. The highest BCUT2D eigenvalue weighted by Crippen LogP contribution is 2.18. The summed E-state index contributed by atoms with van der Waals surface area (Å²) in [5.41, 5.74) is 0.616. The number of hydrogen-bond acceptors (Lipinski definition) is 3. The van der Waals surface area contributed by atoms with E-state index in [1.807, 2.05) is 13.8 Å². The molecule has 0 N–H and O–H groups in total. The zero-order valence-electron chi connectivity index (χ0n) is 11.0. The molecule has 0 aliphatic rings. The van der Waals surface area contributed by atoms with E-state index in [1.54, 1.807) is 0 Å². The van der Waals surface area contributed by atoms with Gasteiger partial charge < -0.3 is 13.8 Å². The molecule has 0 aliphatic heterocycles. The maximum Gasteiger partial charge on any atom is 0.324 e. The Morgan fingerprint density at radius 1 is 1.13 bits per heavy atom. The molecule has 0 saturated heterocycles. The van der Waals surface area contributed by atoms with Crippen LogP contribution in [0.1, 0.15) is 33.6 Å². The van der Waals surface area contributed by atoms with Crippen LogP contribution in [0.2, 0.25) is 5.54 Å². The fraction of sp³-hybridized carbons (Fsp3) is 1.00. The predicted octanol–water partition coefficient (Wildman–Crippen LogP) is 2.01. The Bertz CT molecular complexity index is 139. The molecule has 1 atom stereocenters. The fourth-order valence-corrected chi connectivity index (χ4v) is 3.49. The Labute approximate surface area is 96.6 Å². The highest BCUT2D eigenvalue weighted by atomic mass is 28.3. The summed E-state index contributed by atoms with van der Waals surface area (Å²) in [6, 6.07) is 0. The van der Waals surface area contributed by atoms with Crippen LogP contribution in [-0.2, 0) is 8.85 Å². The highest BCUT2D eigenvalue weighted by Gasteiger charge is 2.20. The second-order valence-corrected chi connectivity index (χ2v) is 6.74. The van der Waals surface area contributed by atoms with Crippen molar-refractivity contribution >= 4 is 9.28 Å². The van der Waals surface area contributed by atoms with E-state index in [1.165, 1.54) is 12.8 Å². The topological polar surface area (TPSA) is 21.7 Å². The lowest BCUT2D eigenvalue weighted by Crippen LogP contribution is -2.28. The van der Waals surface area contributed by atoms with Crippen LogP contribution in [0.3, 0.4) is 0 Å². The number of nitrogens with zero attached hydrogens (tertiary/aromatic N) is 1. The molecule has 1 unspecified atom stereocenters. The summed E-state index contributed by atoms with van der Waals surface area (Å²) in [4.78, 5) is 2.23. The smallest absolute Gasteiger partial charge is 0.324 e. The quantitative estimate of drug-likeness (QED) is 0.569. The van der Waals surface area contributed by atoms with Gasteiger partial charge in [0.05, 0.1) is 0 Å². The molecule has 0 bridgehead atoms. The molecule has 0 saturated carbocycles. The first-order valence-electron chi connectivity index (χ1n) is 5.99. The van der Waals surface area contributed by atoms with Gasteiger partial charge in [-0.1, -0.05) is 6.92 Å². The van der Waals surface area contributed by atoms with Crippen LogP contribution >= 0.6 is 0 Å². The van der Waals surface area contributed by atoms with Gasteiger partial charge in [-0.2, -0.15) is 0 Å². The third-order valence-electron chi connectivity index (χ3n) is 2.39. The molecule has 0 aromatic rings. The van der Waals surface area contributed by atoms with Crippen LogP contribution < -0.4 is 0 Å². The van der Waals surface area contributed by atoms with Gasteiger partial charge in [-0.15, -0.1) is 0 Å². The summed E-state index contributed by atoms with van der Waals surface area (Å²) in [5, 5.41) is 0. The Balaban J connectivity index is 3.74. The second kappa shape index (κ2) is 9.33. The standard InChI is InChI=1S/C11H27NO2Si/c1-6-13-15(14-7-2)11(3)9-8-10-12(4)5/h11,15H,6-10H2,1-5H3. The third kappa shape index (κ3) is 7.96. The van der Waals surface area contributed by atoms with Gasteiger partial charge in [-0.3, -0.25) is 0 Å². The maximum atomic E-state index is 5.70. The lowest BCUT2D eigenvalue weighted by atomic mass is 10.2. The number of hydrogen-bond donors (Lipinski definition) is 0. The molecule has 0 fully saturated rings. The van der Waals surface area contributed by atoms with Crippen molar-refractivity contribution in [2.45, 2.75) is 39.2 Å². The molecule has 0 aromatic heterocycles. The Morgan fingerprint density at radius 2 is 1.67 bits per heavy atom. The van der Waals surface area contributed by atoms with Gasteiger partial charge in [0.1, 0.15) is 0 Å². The van der Waals surface area contributed by atoms with Crippen molar-refractivity contribution in [1.29, 1.82) is 0 Å². The van der Waals surface area contributed by atoms with E-state index >= 15 is 0 Å². The minimum atomic E-state index is -1.41. The van der Waals surface area contributed by atoms with E-state index in [4.69, 9.17) is 8.85 Å². The molecule has 3 nitrogen and oxygen atoms in total. The van der Waals surface area contributed by atoms with E-state index in [2.05, 4.69) is 25.9 Å². The summed E-state index contributed by atoms with van der Waals surface area (Å²) >= 11 is 0. The van der Waals surface area contributed by atoms with Crippen molar-refractivity contribution in [3.05, 3.63) is 0 Å². The monoisotopic (exact) mass is 233 g/mol. The summed E-state index contributed by atoms with van der Waals surface area (Å²) in [7, 11) is 2.82. The molecule has 0 amide bonds.